The highest BCUT2D eigenvalue weighted by atomic mass is 32.1. The number of hydrogen-bond donors (Lipinski definition) is 1. The van der Waals surface area contributed by atoms with Crippen molar-refractivity contribution in [1.82, 2.24) is 14.9 Å². The lowest BCUT2D eigenvalue weighted by Gasteiger charge is -2.14. The van der Waals surface area contributed by atoms with Crippen LogP contribution in [0.4, 0.5) is 0 Å². The van der Waals surface area contributed by atoms with E-state index in [2.05, 4.69) is 21.0 Å². The zero-order valence-corrected chi connectivity index (χ0v) is 8.17. The van der Waals surface area contributed by atoms with Gasteiger partial charge in [-0.25, -0.2) is 0 Å². The molecule has 70 valence electrons. The van der Waals surface area contributed by atoms with Gasteiger partial charge >= 0.3 is 0 Å². The van der Waals surface area contributed by atoms with E-state index in [1.807, 2.05) is 7.05 Å². The van der Waals surface area contributed by atoms with Gasteiger partial charge < -0.3 is 10.1 Å². The molecule has 1 aliphatic rings. The molecule has 0 saturated carbocycles. The number of nitrogens with one attached hydrogen (secondary N) is 1. The third kappa shape index (κ3) is 1.71. The fourth-order valence-electron chi connectivity index (χ4n) is 1.36. The molecule has 5 heteroatoms. The van der Waals surface area contributed by atoms with Crippen LogP contribution in [-0.4, -0.2) is 23.2 Å². The van der Waals surface area contributed by atoms with Crippen LogP contribution in [0, 0.1) is 0 Å². The molecule has 1 aromatic heterocycles. The lowest BCUT2D eigenvalue weighted by atomic mass is 10.2. The monoisotopic (exact) mass is 197 g/mol. The van der Waals surface area contributed by atoms with Crippen molar-refractivity contribution < 1.29 is 4.74 Å². The largest absolute Gasteiger partial charge is 0.496 e. The van der Waals surface area contributed by atoms with Crippen molar-refractivity contribution in [3.8, 4) is 0 Å². The average molecular weight is 197 g/mol. The van der Waals surface area contributed by atoms with Gasteiger partial charge in [-0.1, -0.05) is 4.49 Å². The second kappa shape index (κ2) is 3.85. The summed E-state index contributed by atoms with van der Waals surface area (Å²) in [6.07, 6.45) is 4.88. The summed E-state index contributed by atoms with van der Waals surface area (Å²) in [4.78, 5) is 1.09. The van der Waals surface area contributed by atoms with Gasteiger partial charge in [0, 0.05) is 6.42 Å². The number of rotatable bonds is 3. The molecule has 1 aromatic rings. The molecule has 0 saturated heterocycles. The molecule has 1 N–H and O–H groups in total. The van der Waals surface area contributed by atoms with Gasteiger partial charge in [0.25, 0.3) is 0 Å². The van der Waals surface area contributed by atoms with Gasteiger partial charge in [0.2, 0.25) is 0 Å². The second-order valence-corrected chi connectivity index (χ2v) is 3.60. The third-order valence-electron chi connectivity index (χ3n) is 1.97. The van der Waals surface area contributed by atoms with E-state index in [-0.39, 0.29) is 6.04 Å². The Labute approximate surface area is 80.8 Å². The Balaban J connectivity index is 2.18. The SMILES string of the molecule is CNC(C1=CCCO1)c1cnns1. The molecular weight excluding hydrogens is 186 g/mol. The van der Waals surface area contributed by atoms with Crippen LogP contribution in [0.5, 0.6) is 0 Å². The predicted molar refractivity (Wildman–Crippen MR) is 50.4 cm³/mol. The van der Waals surface area contributed by atoms with Crippen molar-refractivity contribution in [1.29, 1.82) is 0 Å². The maximum atomic E-state index is 5.48. The molecule has 2 rings (SSSR count). The number of ether oxygens (including phenoxy) is 1. The molecule has 0 radical (unpaired) electrons. The first-order valence-corrected chi connectivity index (χ1v) is 4.96. The van der Waals surface area contributed by atoms with Crippen LogP contribution in [0.25, 0.3) is 0 Å². The highest BCUT2D eigenvalue weighted by Crippen LogP contribution is 2.27. The summed E-state index contributed by atoms with van der Waals surface area (Å²) in [7, 11) is 1.91. The minimum Gasteiger partial charge on any atom is -0.496 e. The molecule has 1 atom stereocenters. The third-order valence-corrected chi connectivity index (χ3v) is 2.70. The summed E-state index contributed by atoms with van der Waals surface area (Å²) in [5.41, 5.74) is 0. The Morgan fingerprint density at radius 3 is 3.15 bits per heavy atom. The highest BCUT2D eigenvalue weighted by molar-refractivity contribution is 7.05. The van der Waals surface area contributed by atoms with E-state index in [4.69, 9.17) is 4.74 Å². The molecule has 0 aliphatic carbocycles. The first-order chi connectivity index (χ1) is 6.42. The van der Waals surface area contributed by atoms with Gasteiger partial charge in [0.15, 0.2) is 0 Å². The summed E-state index contributed by atoms with van der Waals surface area (Å²) >= 11 is 1.40. The summed E-state index contributed by atoms with van der Waals surface area (Å²) in [5.74, 6) is 0.994. The molecule has 1 unspecified atom stereocenters. The molecular formula is C8H11N3OS. The quantitative estimate of drug-likeness (QED) is 0.788. The molecule has 2 heterocycles. The number of likely N-dealkylation sites (N-methyl/N-ethyl adjacent to an activating group) is 1. The minimum atomic E-state index is 0.127. The van der Waals surface area contributed by atoms with Crippen LogP contribution in [-0.2, 0) is 4.74 Å². The Morgan fingerprint density at radius 1 is 1.69 bits per heavy atom. The zero-order chi connectivity index (χ0) is 9.10. The van der Waals surface area contributed by atoms with E-state index < -0.39 is 0 Å². The van der Waals surface area contributed by atoms with Crippen molar-refractivity contribution in [2.45, 2.75) is 12.5 Å². The number of aromatic nitrogens is 2. The van der Waals surface area contributed by atoms with E-state index in [9.17, 15) is 0 Å². The smallest absolute Gasteiger partial charge is 0.115 e. The molecule has 4 nitrogen and oxygen atoms in total. The standard InChI is InChI=1S/C8H11N3OS/c1-9-8(6-3-2-4-12-6)7-5-10-11-13-7/h3,5,8-9H,2,4H2,1H3. The van der Waals surface area contributed by atoms with Gasteiger partial charge in [0.05, 0.1) is 17.7 Å². The Hall–Kier alpha value is -0.940. The maximum Gasteiger partial charge on any atom is 0.115 e. The van der Waals surface area contributed by atoms with E-state index in [0.717, 1.165) is 23.7 Å². The van der Waals surface area contributed by atoms with Crippen molar-refractivity contribution >= 4 is 11.5 Å². The van der Waals surface area contributed by atoms with E-state index in [0.29, 0.717) is 0 Å². The van der Waals surface area contributed by atoms with Crippen molar-refractivity contribution in [3.05, 3.63) is 22.9 Å². The van der Waals surface area contributed by atoms with Crippen LogP contribution in [0.15, 0.2) is 18.0 Å². The summed E-state index contributed by atoms with van der Waals surface area (Å²) in [6, 6.07) is 0.127. The first kappa shape index (κ1) is 8.65. The Bertz CT molecular complexity index is 296. The van der Waals surface area contributed by atoms with Crippen LogP contribution in [0.1, 0.15) is 17.3 Å². The van der Waals surface area contributed by atoms with Crippen molar-refractivity contribution in [2.75, 3.05) is 13.7 Å². The Kier molecular flexibility index (Phi) is 2.56. The lowest BCUT2D eigenvalue weighted by Crippen LogP contribution is -2.17. The number of nitrogens with zero attached hydrogens (tertiary/aromatic N) is 2. The van der Waals surface area contributed by atoms with Crippen LogP contribution >= 0.6 is 11.5 Å². The van der Waals surface area contributed by atoms with Gasteiger partial charge in [-0.3, -0.25) is 0 Å². The zero-order valence-electron chi connectivity index (χ0n) is 7.36. The molecule has 0 spiro atoms. The topological polar surface area (TPSA) is 47.0 Å². The fourth-order valence-corrected chi connectivity index (χ4v) is 1.99. The average Bonchev–Trinajstić information content (AvgIpc) is 2.76. The predicted octanol–water partition coefficient (Wildman–Crippen LogP) is 1.10. The molecule has 13 heavy (non-hydrogen) atoms. The summed E-state index contributed by atoms with van der Waals surface area (Å²) < 4.78 is 9.31. The van der Waals surface area contributed by atoms with E-state index >= 15 is 0 Å². The van der Waals surface area contributed by atoms with Gasteiger partial charge in [-0.2, -0.15) is 0 Å². The molecule has 0 aromatic carbocycles. The van der Waals surface area contributed by atoms with Crippen molar-refractivity contribution in [3.63, 3.8) is 0 Å². The van der Waals surface area contributed by atoms with Crippen LogP contribution in [0.2, 0.25) is 0 Å². The first-order valence-electron chi connectivity index (χ1n) is 4.19. The molecule has 0 bridgehead atoms. The van der Waals surface area contributed by atoms with Crippen LogP contribution < -0.4 is 5.32 Å². The second-order valence-electron chi connectivity index (χ2n) is 2.79. The molecule has 1 aliphatic heterocycles. The minimum absolute atomic E-state index is 0.127. The molecule has 0 amide bonds. The maximum absolute atomic E-state index is 5.48. The summed E-state index contributed by atoms with van der Waals surface area (Å²) in [5, 5.41) is 6.99. The highest BCUT2D eigenvalue weighted by Gasteiger charge is 2.20. The van der Waals surface area contributed by atoms with Crippen molar-refractivity contribution in [2.24, 2.45) is 0 Å². The normalized spacial score (nSPS) is 18.1. The number of hydrogen-bond acceptors (Lipinski definition) is 5. The Morgan fingerprint density at radius 2 is 2.62 bits per heavy atom. The van der Waals surface area contributed by atoms with Crippen LogP contribution in [0.3, 0.4) is 0 Å². The summed E-state index contributed by atoms with van der Waals surface area (Å²) in [6.45, 7) is 0.791. The lowest BCUT2D eigenvalue weighted by molar-refractivity contribution is 0.219. The molecule has 0 fully saturated rings. The fraction of sp³-hybridized carbons (Fsp3) is 0.500. The van der Waals surface area contributed by atoms with E-state index in [1.165, 1.54) is 11.5 Å². The van der Waals surface area contributed by atoms with Gasteiger partial charge in [0.1, 0.15) is 11.8 Å². The van der Waals surface area contributed by atoms with Gasteiger partial charge in [-0.05, 0) is 24.7 Å². The van der Waals surface area contributed by atoms with E-state index in [1.54, 1.807) is 6.20 Å². The van der Waals surface area contributed by atoms with Gasteiger partial charge in [-0.15, -0.1) is 5.10 Å².